The van der Waals surface area contributed by atoms with Gasteiger partial charge >= 0.3 is 0 Å². The average Bonchev–Trinajstić information content (AvgIpc) is 2.49. The second-order valence-electron chi connectivity index (χ2n) is 3.92. The van der Waals surface area contributed by atoms with Gasteiger partial charge in [-0.15, -0.1) is 0 Å². The molecule has 1 fully saturated rings. The van der Waals surface area contributed by atoms with Gasteiger partial charge in [0.1, 0.15) is 0 Å². The van der Waals surface area contributed by atoms with Gasteiger partial charge in [-0.1, -0.05) is 0 Å². The van der Waals surface area contributed by atoms with Crippen molar-refractivity contribution >= 4 is 9.84 Å². The van der Waals surface area contributed by atoms with Crippen molar-refractivity contribution in [3.63, 3.8) is 0 Å². The molecule has 0 amide bonds. The van der Waals surface area contributed by atoms with Crippen molar-refractivity contribution in [3.8, 4) is 0 Å². The Bertz CT molecular complexity index is 438. The zero-order valence-corrected chi connectivity index (χ0v) is 9.50. The van der Waals surface area contributed by atoms with Crippen LogP contribution in [0.15, 0.2) is 12.4 Å². The van der Waals surface area contributed by atoms with Crippen molar-refractivity contribution < 1.29 is 8.42 Å². The van der Waals surface area contributed by atoms with Gasteiger partial charge in [0, 0.05) is 24.8 Å². The van der Waals surface area contributed by atoms with Crippen molar-refractivity contribution in [2.24, 2.45) is 7.05 Å². The number of nitrogens with zero attached hydrogens (tertiary/aromatic N) is 2. The summed E-state index contributed by atoms with van der Waals surface area (Å²) in [6.07, 6.45) is 4.27. The first-order valence-corrected chi connectivity index (χ1v) is 6.81. The molecule has 1 aliphatic heterocycles. The van der Waals surface area contributed by atoms with E-state index < -0.39 is 9.84 Å². The normalized spacial score (nSPS) is 26.1. The molecule has 2 heterocycles. The third-order valence-corrected chi connectivity index (χ3v) is 4.32. The topological polar surface area (TPSA) is 64.0 Å². The van der Waals surface area contributed by atoms with Crippen molar-refractivity contribution in [1.29, 1.82) is 0 Å². The lowest BCUT2D eigenvalue weighted by Gasteiger charge is -2.12. The fraction of sp³-hybridized carbons (Fsp3) is 0.667. The summed E-state index contributed by atoms with van der Waals surface area (Å²) in [6.45, 7) is 0.749. The van der Waals surface area contributed by atoms with Crippen LogP contribution in [0.2, 0.25) is 0 Å². The minimum Gasteiger partial charge on any atom is -0.309 e. The molecule has 1 aromatic rings. The van der Waals surface area contributed by atoms with Gasteiger partial charge in [-0.05, 0) is 13.0 Å². The Hall–Kier alpha value is -0.880. The number of hydrogen-bond donors (Lipinski definition) is 1. The molecule has 0 saturated carbocycles. The molecule has 6 heteroatoms. The molecule has 15 heavy (non-hydrogen) atoms. The summed E-state index contributed by atoms with van der Waals surface area (Å²) in [7, 11) is -1.08. The van der Waals surface area contributed by atoms with Crippen LogP contribution in [-0.2, 0) is 16.9 Å². The lowest BCUT2D eigenvalue weighted by atomic mass is 10.2. The van der Waals surface area contributed by atoms with E-state index in [9.17, 15) is 8.42 Å². The zero-order chi connectivity index (χ0) is 10.9. The summed E-state index contributed by atoms with van der Waals surface area (Å²) in [4.78, 5) is 0. The fourth-order valence-corrected chi connectivity index (χ4v) is 3.37. The monoisotopic (exact) mass is 229 g/mol. The quantitative estimate of drug-likeness (QED) is 0.728. The zero-order valence-electron chi connectivity index (χ0n) is 8.68. The van der Waals surface area contributed by atoms with Gasteiger partial charge in [0.05, 0.1) is 17.7 Å². The fourth-order valence-electron chi connectivity index (χ4n) is 1.80. The molecular formula is C9H15N3O2S. The van der Waals surface area contributed by atoms with Crippen molar-refractivity contribution in [2.75, 3.05) is 18.1 Å². The summed E-state index contributed by atoms with van der Waals surface area (Å²) >= 11 is 0. The molecule has 1 N–H and O–H groups in total. The van der Waals surface area contributed by atoms with Crippen LogP contribution < -0.4 is 5.32 Å². The largest absolute Gasteiger partial charge is 0.309 e. The molecular weight excluding hydrogens is 214 g/mol. The van der Waals surface area contributed by atoms with E-state index in [0.29, 0.717) is 6.42 Å². The molecule has 2 rings (SSSR count). The van der Waals surface area contributed by atoms with Crippen molar-refractivity contribution in [2.45, 2.75) is 12.5 Å². The van der Waals surface area contributed by atoms with E-state index in [1.807, 2.05) is 13.2 Å². The minimum absolute atomic E-state index is 0.105. The van der Waals surface area contributed by atoms with Gasteiger partial charge in [0.25, 0.3) is 0 Å². The Morgan fingerprint density at radius 2 is 2.40 bits per heavy atom. The Labute approximate surface area is 89.4 Å². The lowest BCUT2D eigenvalue weighted by molar-refractivity contribution is 0.571. The first-order valence-electron chi connectivity index (χ1n) is 4.99. The Balaban J connectivity index is 2.21. The summed E-state index contributed by atoms with van der Waals surface area (Å²) < 4.78 is 24.9. The van der Waals surface area contributed by atoms with Crippen LogP contribution in [0.1, 0.15) is 18.0 Å². The maximum Gasteiger partial charge on any atom is 0.152 e. The summed E-state index contributed by atoms with van der Waals surface area (Å²) in [5.41, 5.74) is 0.947. The van der Waals surface area contributed by atoms with Crippen molar-refractivity contribution in [1.82, 2.24) is 15.1 Å². The van der Waals surface area contributed by atoms with Crippen LogP contribution in [0.5, 0.6) is 0 Å². The molecule has 0 bridgehead atoms. The van der Waals surface area contributed by atoms with Crippen LogP contribution in [-0.4, -0.2) is 36.2 Å². The van der Waals surface area contributed by atoms with Crippen LogP contribution in [0.4, 0.5) is 0 Å². The van der Waals surface area contributed by atoms with Gasteiger partial charge in [-0.25, -0.2) is 8.42 Å². The summed E-state index contributed by atoms with van der Waals surface area (Å²) in [5, 5.41) is 7.29. The smallest absolute Gasteiger partial charge is 0.152 e. The van der Waals surface area contributed by atoms with Crippen LogP contribution >= 0.6 is 0 Å². The predicted octanol–water partition coefficient (Wildman–Crippen LogP) is -0.131. The molecule has 1 unspecified atom stereocenters. The van der Waals surface area contributed by atoms with E-state index in [1.165, 1.54) is 0 Å². The van der Waals surface area contributed by atoms with Gasteiger partial charge in [0.2, 0.25) is 0 Å². The highest BCUT2D eigenvalue weighted by Crippen LogP contribution is 2.17. The van der Waals surface area contributed by atoms with E-state index in [1.54, 1.807) is 10.9 Å². The van der Waals surface area contributed by atoms with Crippen LogP contribution in [0.25, 0.3) is 0 Å². The first-order chi connectivity index (χ1) is 7.07. The maximum atomic E-state index is 11.6. The standard InChI is InChI=1S/C9H15N3O2S/c1-12-6-8(5-11-12)9-7-15(13,14)4-2-3-10-9/h5-6,9-10H,2-4,7H2,1H3. The molecule has 5 nitrogen and oxygen atoms in total. The van der Waals surface area contributed by atoms with E-state index in [0.717, 1.165) is 12.1 Å². The van der Waals surface area contributed by atoms with Crippen molar-refractivity contribution in [3.05, 3.63) is 18.0 Å². The predicted molar refractivity (Wildman–Crippen MR) is 57.2 cm³/mol. The molecule has 1 atom stereocenters. The van der Waals surface area contributed by atoms with Gasteiger partial charge in [-0.2, -0.15) is 5.10 Å². The highest BCUT2D eigenvalue weighted by molar-refractivity contribution is 7.91. The summed E-state index contributed by atoms with van der Waals surface area (Å²) in [5.74, 6) is 0.468. The molecule has 0 radical (unpaired) electrons. The first kappa shape index (κ1) is 10.6. The second kappa shape index (κ2) is 3.94. The van der Waals surface area contributed by atoms with Gasteiger partial charge in [-0.3, -0.25) is 4.68 Å². The molecule has 84 valence electrons. The third-order valence-electron chi connectivity index (χ3n) is 2.57. The maximum absolute atomic E-state index is 11.6. The highest BCUT2D eigenvalue weighted by Gasteiger charge is 2.24. The van der Waals surface area contributed by atoms with Crippen LogP contribution in [0.3, 0.4) is 0 Å². The molecule has 1 aromatic heterocycles. The highest BCUT2D eigenvalue weighted by atomic mass is 32.2. The number of hydrogen-bond acceptors (Lipinski definition) is 4. The number of aromatic nitrogens is 2. The number of sulfone groups is 1. The van der Waals surface area contributed by atoms with E-state index in [2.05, 4.69) is 10.4 Å². The number of nitrogens with one attached hydrogen (secondary N) is 1. The third kappa shape index (κ3) is 2.57. The Morgan fingerprint density at radius 1 is 1.60 bits per heavy atom. The number of rotatable bonds is 1. The van der Waals surface area contributed by atoms with E-state index >= 15 is 0 Å². The Morgan fingerprint density at radius 3 is 3.07 bits per heavy atom. The Kier molecular flexibility index (Phi) is 2.79. The molecule has 0 aliphatic carbocycles. The molecule has 1 aliphatic rings. The average molecular weight is 229 g/mol. The lowest BCUT2D eigenvalue weighted by Crippen LogP contribution is -2.24. The van der Waals surface area contributed by atoms with Gasteiger partial charge in [0.15, 0.2) is 9.84 Å². The van der Waals surface area contributed by atoms with E-state index in [4.69, 9.17) is 0 Å². The molecule has 0 spiro atoms. The summed E-state index contributed by atoms with van der Waals surface area (Å²) in [6, 6.07) is -0.105. The van der Waals surface area contributed by atoms with E-state index in [-0.39, 0.29) is 17.5 Å². The van der Waals surface area contributed by atoms with Gasteiger partial charge < -0.3 is 5.32 Å². The SMILES string of the molecule is Cn1cc(C2CS(=O)(=O)CCCN2)cn1. The van der Waals surface area contributed by atoms with Crippen LogP contribution in [0, 0.1) is 0 Å². The minimum atomic E-state index is -2.91. The molecule has 0 aromatic carbocycles. The number of aryl methyl sites for hydroxylation is 1. The second-order valence-corrected chi connectivity index (χ2v) is 6.15. The molecule has 1 saturated heterocycles.